The molecule has 2 heterocycles. The third-order valence-corrected chi connectivity index (χ3v) is 8.12. The summed E-state index contributed by atoms with van der Waals surface area (Å²) in [6, 6.07) is 4.02. The monoisotopic (exact) mass is 498 g/mol. The summed E-state index contributed by atoms with van der Waals surface area (Å²) in [6.45, 7) is -0.0574. The van der Waals surface area contributed by atoms with E-state index in [1.807, 2.05) is 17.1 Å². The minimum atomic E-state index is -4.15. The van der Waals surface area contributed by atoms with Gasteiger partial charge in [-0.3, -0.25) is 14.4 Å². The van der Waals surface area contributed by atoms with Gasteiger partial charge in [0.05, 0.1) is 23.3 Å². The van der Waals surface area contributed by atoms with Crippen molar-refractivity contribution in [1.29, 1.82) is 0 Å². The molecule has 2 atom stereocenters. The number of hydrogen-bond donors (Lipinski definition) is 1. The van der Waals surface area contributed by atoms with Crippen LogP contribution in [-0.4, -0.2) is 58.5 Å². The van der Waals surface area contributed by atoms with Gasteiger partial charge in [-0.05, 0) is 54.7 Å². The van der Waals surface area contributed by atoms with Gasteiger partial charge in [0.25, 0.3) is 5.91 Å². The molecule has 7 rings (SSSR count). The first-order valence-electron chi connectivity index (χ1n) is 11.3. The first-order chi connectivity index (χ1) is 16.0. The number of aromatic nitrogens is 2. The predicted octanol–water partition coefficient (Wildman–Crippen LogP) is 3.71. The van der Waals surface area contributed by atoms with Crippen LogP contribution in [0.25, 0.3) is 0 Å². The normalized spacial score (nSPS) is 33.6. The van der Waals surface area contributed by atoms with Crippen LogP contribution in [0, 0.1) is 17.7 Å². The van der Waals surface area contributed by atoms with E-state index in [-0.39, 0.29) is 46.2 Å². The zero-order chi connectivity index (χ0) is 23.9. The lowest BCUT2D eigenvalue weighted by Crippen LogP contribution is -2.79. The highest BCUT2D eigenvalue weighted by molar-refractivity contribution is 6.30. The highest BCUT2D eigenvalue weighted by atomic mass is 35.5. The van der Waals surface area contributed by atoms with Gasteiger partial charge in [0.15, 0.2) is 6.61 Å². The summed E-state index contributed by atoms with van der Waals surface area (Å²) < 4.78 is 58.6. The average molecular weight is 499 g/mol. The first kappa shape index (κ1) is 22.2. The fourth-order valence-corrected chi connectivity index (χ4v) is 6.53. The van der Waals surface area contributed by atoms with Crippen LogP contribution in [0.1, 0.15) is 30.7 Å². The molecule has 0 radical (unpaired) electrons. The molecular formula is C23H23ClF4N4O2. The van der Waals surface area contributed by atoms with Gasteiger partial charge in [-0.1, -0.05) is 11.6 Å². The smallest absolute Gasteiger partial charge is 0.401 e. The van der Waals surface area contributed by atoms with Crippen molar-refractivity contribution in [3.05, 3.63) is 47.0 Å². The van der Waals surface area contributed by atoms with E-state index in [1.165, 1.54) is 17.0 Å². The third-order valence-electron chi connectivity index (χ3n) is 7.81. The Morgan fingerprint density at radius 1 is 1.24 bits per heavy atom. The van der Waals surface area contributed by atoms with Crippen molar-refractivity contribution in [2.75, 3.05) is 26.2 Å². The maximum Gasteiger partial charge on any atom is 0.401 e. The SMILES string of the molecule is O=C(COc1ccc(Cl)c(F)c1)NC12CC(n3cc(C4C5CN(CC(F)(F)F)CC54)cn3)(C1)C2. The quantitative estimate of drug-likeness (QED) is 0.591. The molecule has 11 heteroatoms. The topological polar surface area (TPSA) is 59.4 Å². The van der Waals surface area contributed by atoms with E-state index in [1.54, 1.807) is 0 Å². The number of amides is 1. The molecule has 0 spiro atoms. The predicted molar refractivity (Wildman–Crippen MR) is 114 cm³/mol. The van der Waals surface area contributed by atoms with Gasteiger partial charge in [-0.2, -0.15) is 18.3 Å². The summed E-state index contributed by atoms with van der Waals surface area (Å²) in [6.07, 6.45) is 2.08. The fourth-order valence-electron chi connectivity index (χ4n) is 6.42. The molecule has 2 bridgehead atoms. The zero-order valence-corrected chi connectivity index (χ0v) is 18.9. The minimum Gasteiger partial charge on any atom is -0.484 e. The van der Waals surface area contributed by atoms with E-state index in [2.05, 4.69) is 10.4 Å². The molecule has 1 aliphatic heterocycles. The molecule has 4 saturated carbocycles. The van der Waals surface area contributed by atoms with E-state index in [0.29, 0.717) is 19.0 Å². The van der Waals surface area contributed by atoms with Crippen molar-refractivity contribution in [3.63, 3.8) is 0 Å². The molecule has 6 nitrogen and oxygen atoms in total. The van der Waals surface area contributed by atoms with Gasteiger partial charge in [-0.15, -0.1) is 0 Å². The number of rotatable bonds is 7. The molecule has 182 valence electrons. The summed E-state index contributed by atoms with van der Waals surface area (Å²) in [7, 11) is 0. The van der Waals surface area contributed by atoms with E-state index in [9.17, 15) is 22.4 Å². The lowest BCUT2D eigenvalue weighted by Gasteiger charge is -2.69. The number of alkyl halides is 3. The second kappa shape index (κ2) is 7.34. The maximum absolute atomic E-state index is 13.5. The van der Waals surface area contributed by atoms with Crippen molar-refractivity contribution >= 4 is 17.5 Å². The minimum absolute atomic E-state index is 0.00827. The van der Waals surface area contributed by atoms with Crippen LogP contribution in [-0.2, 0) is 10.3 Å². The van der Waals surface area contributed by atoms with Crippen molar-refractivity contribution in [2.45, 2.75) is 42.4 Å². The van der Waals surface area contributed by atoms with Gasteiger partial charge in [-0.25, -0.2) is 4.39 Å². The Labute approximate surface area is 198 Å². The van der Waals surface area contributed by atoms with Crippen LogP contribution >= 0.6 is 11.6 Å². The molecule has 2 unspecified atom stereocenters. The molecule has 1 amide bonds. The Bertz CT molecular complexity index is 1120. The maximum atomic E-state index is 13.5. The molecule has 1 aromatic heterocycles. The number of hydrogen-bond acceptors (Lipinski definition) is 4. The van der Waals surface area contributed by atoms with Gasteiger partial charge in [0.2, 0.25) is 0 Å². The van der Waals surface area contributed by atoms with Crippen LogP contribution in [0.3, 0.4) is 0 Å². The number of benzene rings is 1. The standard InChI is InChI=1S/C23H23ClF4N4O2/c24-17-2-1-14(3-18(17)25)34-8-19(33)30-21-9-22(10-21,11-21)32-5-13(4-29-32)20-15-6-31(7-16(15)20)12-23(26,27)28/h1-5,15-16,20H,6-12H2,(H,30,33). The van der Waals surface area contributed by atoms with Crippen LogP contribution in [0.2, 0.25) is 5.02 Å². The average Bonchev–Trinajstić information content (AvgIpc) is 3.05. The van der Waals surface area contributed by atoms with Crippen molar-refractivity contribution < 1.29 is 27.1 Å². The molecule has 5 fully saturated rings. The van der Waals surface area contributed by atoms with Crippen LogP contribution in [0.5, 0.6) is 5.75 Å². The Morgan fingerprint density at radius 3 is 2.59 bits per heavy atom. The largest absolute Gasteiger partial charge is 0.484 e. The lowest BCUT2D eigenvalue weighted by atomic mass is 9.44. The molecule has 2 aromatic rings. The highest BCUT2D eigenvalue weighted by Gasteiger charge is 2.70. The van der Waals surface area contributed by atoms with Gasteiger partial charge in [0.1, 0.15) is 11.6 Å². The molecular weight excluding hydrogens is 476 g/mol. The number of carbonyl (C=O) groups is 1. The zero-order valence-electron chi connectivity index (χ0n) is 18.1. The van der Waals surface area contributed by atoms with E-state index < -0.39 is 18.5 Å². The molecule has 5 aliphatic rings. The van der Waals surface area contributed by atoms with Gasteiger partial charge in [0, 0.05) is 30.9 Å². The Hall–Kier alpha value is -2.33. The number of ether oxygens (including phenoxy) is 1. The fraction of sp³-hybridized carbons (Fsp3) is 0.565. The number of halogens is 5. The summed E-state index contributed by atoms with van der Waals surface area (Å²) in [4.78, 5) is 13.8. The van der Waals surface area contributed by atoms with E-state index >= 15 is 0 Å². The van der Waals surface area contributed by atoms with E-state index in [4.69, 9.17) is 16.3 Å². The highest BCUT2D eigenvalue weighted by Crippen LogP contribution is 2.65. The van der Waals surface area contributed by atoms with Gasteiger partial charge < -0.3 is 10.1 Å². The number of fused-ring (bicyclic) bond motifs is 1. The lowest BCUT2D eigenvalue weighted by molar-refractivity contribution is -0.160. The Kier molecular flexibility index (Phi) is 4.78. The first-order valence-corrected chi connectivity index (χ1v) is 11.7. The number of piperidine rings is 1. The van der Waals surface area contributed by atoms with Crippen LogP contribution < -0.4 is 10.1 Å². The van der Waals surface area contributed by atoms with E-state index in [0.717, 1.165) is 30.9 Å². The van der Waals surface area contributed by atoms with Crippen molar-refractivity contribution in [3.8, 4) is 5.75 Å². The number of carbonyl (C=O) groups excluding carboxylic acids is 1. The summed E-state index contributed by atoms with van der Waals surface area (Å²) in [5.41, 5.74) is 0.748. The molecule has 1 aromatic carbocycles. The summed E-state index contributed by atoms with van der Waals surface area (Å²) in [5, 5.41) is 7.57. The second-order valence-corrected chi connectivity index (χ2v) is 10.7. The van der Waals surface area contributed by atoms with Crippen molar-refractivity contribution in [2.24, 2.45) is 11.8 Å². The Balaban J connectivity index is 0.982. The molecule has 1 N–H and O–H groups in total. The summed E-state index contributed by atoms with van der Waals surface area (Å²) >= 11 is 5.64. The number of likely N-dealkylation sites (tertiary alicyclic amines) is 1. The van der Waals surface area contributed by atoms with Gasteiger partial charge >= 0.3 is 6.18 Å². The third kappa shape index (κ3) is 3.75. The number of nitrogens with zero attached hydrogens (tertiary/aromatic N) is 3. The molecule has 34 heavy (non-hydrogen) atoms. The summed E-state index contributed by atoms with van der Waals surface area (Å²) in [5.74, 6) is 0.239. The Morgan fingerprint density at radius 2 is 1.94 bits per heavy atom. The molecule has 4 aliphatic carbocycles. The van der Waals surface area contributed by atoms with Crippen molar-refractivity contribution in [1.82, 2.24) is 20.0 Å². The molecule has 1 saturated heterocycles. The van der Waals surface area contributed by atoms with Crippen LogP contribution in [0.4, 0.5) is 17.6 Å². The second-order valence-electron chi connectivity index (χ2n) is 10.3. The number of nitrogens with one attached hydrogen (secondary N) is 1. The van der Waals surface area contributed by atoms with Crippen LogP contribution in [0.15, 0.2) is 30.6 Å².